The van der Waals surface area contributed by atoms with Gasteiger partial charge in [-0.05, 0) is 24.1 Å². The maximum atomic E-state index is 13.7. The predicted octanol–water partition coefficient (Wildman–Crippen LogP) is 2.00. The minimum atomic E-state index is -6.12. The fourth-order valence-electron chi connectivity index (χ4n) is 5.42. The minimum absolute atomic E-state index is 0.0765. The fourth-order valence-corrected chi connectivity index (χ4v) is 7.49. The number of aliphatic hydroxyl groups is 1. The van der Waals surface area contributed by atoms with E-state index in [0.717, 1.165) is 4.31 Å². The number of hydrogen-bond acceptors (Lipinski definition) is 10. The molecule has 3 heterocycles. The topological polar surface area (TPSA) is 145 Å². The number of rotatable bonds is 7. The molecule has 19 heteroatoms. The van der Waals surface area contributed by atoms with E-state index in [2.05, 4.69) is 27.9 Å². The lowest BCUT2D eigenvalue weighted by Crippen LogP contribution is -2.64. The number of hydrogen-bond donors (Lipinski definition) is 4. The van der Waals surface area contributed by atoms with Crippen molar-refractivity contribution < 1.29 is 44.7 Å². The molecule has 0 unspecified atom stereocenters. The molecule has 4 N–H and O–H groups in total. The second-order valence-electron chi connectivity index (χ2n) is 10.9. The van der Waals surface area contributed by atoms with Gasteiger partial charge in [-0.15, -0.1) is 12.6 Å². The van der Waals surface area contributed by atoms with Crippen LogP contribution in [0.25, 0.3) is 0 Å². The number of aromatic nitrogens is 2. The van der Waals surface area contributed by atoms with Crippen molar-refractivity contribution in [3.63, 3.8) is 0 Å². The van der Waals surface area contributed by atoms with Crippen molar-refractivity contribution >= 4 is 40.2 Å². The van der Waals surface area contributed by atoms with Crippen molar-refractivity contribution in [1.82, 2.24) is 24.5 Å². The zero-order chi connectivity index (χ0) is 32.8. The maximum absolute atomic E-state index is 13.7. The molecule has 2 fully saturated rings. The van der Waals surface area contributed by atoms with Crippen LogP contribution in [0.5, 0.6) is 0 Å². The summed E-state index contributed by atoms with van der Waals surface area (Å²) in [6, 6.07) is 2.77. The van der Waals surface area contributed by atoms with Crippen LogP contribution in [0, 0.1) is 5.92 Å². The highest BCUT2D eigenvalue weighted by Crippen LogP contribution is 2.49. The van der Waals surface area contributed by atoms with Crippen molar-refractivity contribution in [3.8, 4) is 0 Å². The first-order valence-corrected chi connectivity index (χ1v) is 15.2. The zero-order valence-electron chi connectivity index (χ0n) is 23.5. The van der Waals surface area contributed by atoms with Crippen LogP contribution >= 0.6 is 12.6 Å². The summed E-state index contributed by atoms with van der Waals surface area (Å²) >= 11 is 4.25. The summed E-state index contributed by atoms with van der Waals surface area (Å²) in [6.07, 6.45) is -11.7. The molecule has 2 atom stereocenters. The molecule has 244 valence electrons. The third-order valence-corrected chi connectivity index (χ3v) is 10.1. The molecule has 2 saturated heterocycles. The van der Waals surface area contributed by atoms with E-state index in [1.54, 1.807) is 0 Å². The number of sulfonamides is 1. The number of piperazine rings is 2. The molecule has 1 aromatic heterocycles. The Hall–Kier alpha value is -2.87. The summed E-state index contributed by atoms with van der Waals surface area (Å²) in [4.78, 5) is 23.5. The molecule has 0 saturated carbocycles. The number of carbonyl (C=O) groups is 1. The molecule has 2 aliphatic rings. The summed E-state index contributed by atoms with van der Waals surface area (Å²) in [5.41, 5.74) is -0.847. The fraction of sp³-hybridized carbons (Fsp3) is 0.560. The number of thiol groups is 1. The predicted molar refractivity (Wildman–Crippen MR) is 149 cm³/mol. The molecule has 0 bridgehead atoms. The second-order valence-corrected chi connectivity index (χ2v) is 13.3. The SMILES string of the molecule is CC(C)[C@@H]1C(=O)NCCN1C[C@H]1CN(S(=O)(=O)c2cc(N)ccc2S)CCN1c1ncc(C(O)(C(F)(F)F)C(F)(F)F)cn1. The second kappa shape index (κ2) is 12.1. The summed E-state index contributed by atoms with van der Waals surface area (Å²) in [5, 5.41) is 12.5. The number of nitrogen functional groups attached to an aromatic ring is 1. The van der Waals surface area contributed by atoms with Gasteiger partial charge in [-0.25, -0.2) is 18.4 Å². The first kappa shape index (κ1) is 34.0. The molecule has 1 amide bonds. The van der Waals surface area contributed by atoms with Crippen molar-refractivity contribution in [1.29, 1.82) is 0 Å². The van der Waals surface area contributed by atoms with Gasteiger partial charge >= 0.3 is 12.4 Å². The first-order chi connectivity index (χ1) is 20.3. The number of halogens is 6. The Morgan fingerprint density at radius 1 is 1.09 bits per heavy atom. The Bertz CT molecular complexity index is 1460. The van der Waals surface area contributed by atoms with Crippen LogP contribution in [0.1, 0.15) is 19.4 Å². The zero-order valence-corrected chi connectivity index (χ0v) is 25.2. The van der Waals surface area contributed by atoms with Gasteiger partial charge < -0.3 is 21.1 Å². The Morgan fingerprint density at radius 3 is 2.27 bits per heavy atom. The summed E-state index contributed by atoms with van der Waals surface area (Å²) in [5.74, 6) is -0.676. The van der Waals surface area contributed by atoms with Crippen molar-refractivity contribution in [2.45, 2.75) is 53.7 Å². The maximum Gasteiger partial charge on any atom is 0.430 e. The van der Waals surface area contributed by atoms with Gasteiger partial charge in [0.1, 0.15) is 0 Å². The van der Waals surface area contributed by atoms with Gasteiger partial charge in [-0.3, -0.25) is 9.69 Å². The van der Waals surface area contributed by atoms with Crippen LogP contribution in [0.3, 0.4) is 0 Å². The molecular weight excluding hydrogens is 640 g/mol. The molecule has 4 rings (SSSR count). The Kier molecular flexibility index (Phi) is 9.39. The van der Waals surface area contributed by atoms with Gasteiger partial charge in [0, 0.05) is 67.8 Å². The van der Waals surface area contributed by atoms with Gasteiger partial charge in [0.15, 0.2) is 0 Å². The Labute approximate surface area is 254 Å². The van der Waals surface area contributed by atoms with Crippen LogP contribution < -0.4 is 16.0 Å². The average Bonchev–Trinajstić information content (AvgIpc) is 2.92. The molecule has 0 spiro atoms. The van der Waals surface area contributed by atoms with E-state index in [1.807, 2.05) is 18.7 Å². The van der Waals surface area contributed by atoms with Gasteiger partial charge in [-0.1, -0.05) is 13.8 Å². The third kappa shape index (κ3) is 6.29. The average molecular weight is 672 g/mol. The van der Waals surface area contributed by atoms with Gasteiger partial charge in [0.05, 0.1) is 17.0 Å². The third-order valence-electron chi connectivity index (χ3n) is 7.62. The van der Waals surface area contributed by atoms with Gasteiger partial charge in [0.25, 0.3) is 5.60 Å². The van der Waals surface area contributed by atoms with E-state index < -0.39 is 45.6 Å². The van der Waals surface area contributed by atoms with Crippen LogP contribution in [-0.2, 0) is 20.4 Å². The Balaban J connectivity index is 1.71. The van der Waals surface area contributed by atoms with E-state index in [0.29, 0.717) is 13.1 Å². The molecule has 11 nitrogen and oxygen atoms in total. The van der Waals surface area contributed by atoms with Crippen LogP contribution in [0.4, 0.5) is 38.0 Å². The van der Waals surface area contributed by atoms with Gasteiger partial charge in [0.2, 0.25) is 21.9 Å². The molecule has 1 aromatic carbocycles. The van der Waals surface area contributed by atoms with Crippen molar-refractivity contribution in [3.05, 3.63) is 36.2 Å². The molecule has 2 aromatic rings. The highest BCUT2D eigenvalue weighted by atomic mass is 32.2. The smallest absolute Gasteiger partial charge is 0.399 e. The number of carbonyl (C=O) groups excluding carboxylic acids is 1. The summed E-state index contributed by atoms with van der Waals surface area (Å²) in [7, 11) is -4.17. The largest absolute Gasteiger partial charge is 0.430 e. The minimum Gasteiger partial charge on any atom is -0.399 e. The monoisotopic (exact) mass is 671 g/mol. The van der Waals surface area contributed by atoms with E-state index >= 15 is 0 Å². The first-order valence-electron chi connectivity index (χ1n) is 13.3. The quantitative estimate of drug-likeness (QED) is 0.197. The Morgan fingerprint density at radius 2 is 1.70 bits per heavy atom. The number of nitrogens with one attached hydrogen (secondary N) is 1. The van der Waals surface area contributed by atoms with Gasteiger partial charge in [-0.2, -0.15) is 30.6 Å². The number of alkyl halides is 6. The van der Waals surface area contributed by atoms with Crippen molar-refractivity contribution in [2.75, 3.05) is 49.9 Å². The molecule has 2 aliphatic heterocycles. The normalized spacial score (nSPS) is 21.5. The highest BCUT2D eigenvalue weighted by molar-refractivity contribution is 7.90. The number of nitrogens with two attached hydrogens (primary N) is 1. The van der Waals surface area contributed by atoms with Crippen molar-refractivity contribution in [2.24, 2.45) is 5.92 Å². The van der Waals surface area contributed by atoms with Crippen LogP contribution in [-0.4, -0.2) is 102 Å². The number of nitrogens with zero attached hydrogens (tertiary/aromatic N) is 5. The van der Waals surface area contributed by atoms with E-state index in [9.17, 15) is 44.7 Å². The lowest BCUT2D eigenvalue weighted by molar-refractivity contribution is -0.376. The molecular formula is C25H31F6N7O4S2. The van der Waals surface area contributed by atoms with Crippen LogP contribution in [0.2, 0.25) is 0 Å². The number of anilines is 2. The summed E-state index contributed by atoms with van der Waals surface area (Å²) < 4.78 is 109. The van der Waals surface area contributed by atoms with E-state index in [1.165, 1.54) is 23.1 Å². The summed E-state index contributed by atoms with van der Waals surface area (Å²) in [6.45, 7) is 3.97. The van der Waals surface area contributed by atoms with E-state index in [4.69, 9.17) is 5.73 Å². The highest BCUT2D eigenvalue weighted by Gasteiger charge is 2.71. The van der Waals surface area contributed by atoms with E-state index in [-0.39, 0.29) is 71.8 Å². The molecule has 0 aliphatic carbocycles. The lowest BCUT2D eigenvalue weighted by atomic mass is 9.95. The molecule has 44 heavy (non-hydrogen) atoms. The number of benzene rings is 1. The number of amides is 1. The van der Waals surface area contributed by atoms with Crippen LogP contribution in [0.15, 0.2) is 40.4 Å². The lowest BCUT2D eigenvalue weighted by Gasteiger charge is -2.45. The molecule has 0 radical (unpaired) electrons. The standard InChI is InChI=1S/C25H31F6N7O4S2/c1-14(2)20-21(39)33-5-6-36(20)12-17-13-37(44(41,42)19-9-16(32)3-4-18(19)43)7-8-38(17)22-34-10-15(11-35-22)23(40,24(26,27)28)25(29,30)31/h3-4,9-11,14,17,20,40,43H,5-8,12-13,32H2,1-2H3,(H,33,39)/t17-,20+/m0/s1.